The maximum Gasteiger partial charge on any atom is 0.0863 e. The van der Waals surface area contributed by atoms with Crippen molar-refractivity contribution in [2.45, 2.75) is 37.6 Å². The van der Waals surface area contributed by atoms with E-state index >= 15 is 0 Å². The summed E-state index contributed by atoms with van der Waals surface area (Å²) >= 11 is 0. The molecule has 3 unspecified atom stereocenters. The Hall–Kier alpha value is -0.120. The van der Waals surface area contributed by atoms with E-state index in [0.29, 0.717) is 18.6 Å². The number of fused-ring (bicyclic) bond motifs is 1. The summed E-state index contributed by atoms with van der Waals surface area (Å²) in [5.74, 6) is 0. The van der Waals surface area contributed by atoms with E-state index in [1.54, 1.807) is 0 Å². The summed E-state index contributed by atoms with van der Waals surface area (Å²) in [6.45, 7) is 0.809. The molecule has 0 aromatic carbocycles. The molecule has 63 valence electrons. The van der Waals surface area contributed by atoms with Crippen LogP contribution in [0.15, 0.2) is 0 Å². The van der Waals surface area contributed by atoms with Gasteiger partial charge >= 0.3 is 0 Å². The van der Waals surface area contributed by atoms with Gasteiger partial charge in [-0.05, 0) is 6.42 Å². The average Bonchev–Trinajstić information content (AvgIpc) is 2.46. The highest BCUT2D eigenvalue weighted by Gasteiger charge is 2.38. The molecule has 2 saturated heterocycles. The molecule has 0 aromatic heterocycles. The van der Waals surface area contributed by atoms with Crippen LogP contribution in [0.3, 0.4) is 0 Å². The number of ether oxygens (including phenoxy) is 2. The first-order valence-electron chi connectivity index (χ1n) is 4.25. The second kappa shape index (κ2) is 3.09. The van der Waals surface area contributed by atoms with Crippen molar-refractivity contribution in [1.29, 1.82) is 0 Å². The van der Waals surface area contributed by atoms with E-state index in [1.165, 1.54) is 0 Å². The molecule has 0 N–H and O–H groups in total. The molecule has 11 heavy (non-hydrogen) atoms. The number of hydrogen-bond donors (Lipinski definition) is 0. The predicted octanol–water partition coefficient (Wildman–Crippen LogP) is 0.753. The van der Waals surface area contributed by atoms with E-state index in [2.05, 4.69) is 0 Å². The minimum atomic E-state index is -0.0237. The summed E-state index contributed by atoms with van der Waals surface area (Å²) in [6, 6.07) is 0. The third kappa shape index (κ3) is 1.41. The van der Waals surface area contributed by atoms with Crippen LogP contribution in [0.25, 0.3) is 0 Å². The lowest BCUT2D eigenvalue weighted by Crippen LogP contribution is -2.13. The van der Waals surface area contributed by atoms with Crippen LogP contribution in [-0.4, -0.2) is 31.5 Å². The van der Waals surface area contributed by atoms with Crippen molar-refractivity contribution in [2.24, 2.45) is 0 Å². The van der Waals surface area contributed by atoms with Crippen LogP contribution in [0.1, 0.15) is 19.3 Å². The van der Waals surface area contributed by atoms with Gasteiger partial charge in [0.05, 0.1) is 24.9 Å². The van der Waals surface area contributed by atoms with Gasteiger partial charge in [0.15, 0.2) is 0 Å². The molecular weight excluding hydrogens is 144 g/mol. The maximum atomic E-state index is 10.3. The lowest BCUT2D eigenvalue weighted by molar-refractivity contribution is 0.0212. The Morgan fingerprint density at radius 1 is 1.36 bits per heavy atom. The van der Waals surface area contributed by atoms with Crippen LogP contribution in [-0.2, 0) is 14.6 Å². The van der Waals surface area contributed by atoms with E-state index < -0.39 is 0 Å². The molecule has 3 heteroatoms. The van der Waals surface area contributed by atoms with E-state index in [4.69, 9.17) is 9.47 Å². The molecule has 0 bridgehead atoms. The van der Waals surface area contributed by atoms with Gasteiger partial charge in [-0.15, -0.1) is 0 Å². The van der Waals surface area contributed by atoms with Gasteiger partial charge in [-0.3, -0.25) is 0 Å². The molecule has 0 spiro atoms. The van der Waals surface area contributed by atoms with Crippen molar-refractivity contribution in [2.75, 3.05) is 13.2 Å². The van der Waals surface area contributed by atoms with Crippen LogP contribution in [0.2, 0.25) is 0 Å². The highest BCUT2D eigenvalue weighted by molar-refractivity contribution is 4.86. The first-order chi connectivity index (χ1) is 5.40. The number of rotatable bonds is 2. The summed E-state index contributed by atoms with van der Waals surface area (Å²) in [4.78, 5) is 0. The molecule has 0 aliphatic carbocycles. The third-order valence-electron chi connectivity index (χ3n) is 2.45. The lowest BCUT2D eigenvalue weighted by Gasteiger charge is -2.08. The van der Waals surface area contributed by atoms with Crippen molar-refractivity contribution < 1.29 is 14.6 Å². The summed E-state index contributed by atoms with van der Waals surface area (Å²) in [5, 5.41) is 10.3. The van der Waals surface area contributed by atoms with Crippen LogP contribution in [0, 0.1) is 0 Å². The van der Waals surface area contributed by atoms with Gasteiger partial charge in [-0.1, -0.05) is 0 Å². The molecule has 2 fully saturated rings. The largest absolute Gasteiger partial charge is 0.375 e. The van der Waals surface area contributed by atoms with Crippen LogP contribution in [0.4, 0.5) is 0 Å². The first-order valence-corrected chi connectivity index (χ1v) is 4.25. The minimum Gasteiger partial charge on any atom is -0.375 e. The topological polar surface area (TPSA) is 38.4 Å². The zero-order chi connectivity index (χ0) is 7.68. The van der Waals surface area contributed by atoms with Crippen LogP contribution < -0.4 is 0 Å². The van der Waals surface area contributed by atoms with Crippen molar-refractivity contribution in [1.82, 2.24) is 0 Å². The molecule has 3 nitrogen and oxygen atoms in total. The van der Waals surface area contributed by atoms with Crippen molar-refractivity contribution in [3.8, 4) is 0 Å². The molecule has 2 aliphatic rings. The smallest absolute Gasteiger partial charge is 0.0863 e. The Balaban J connectivity index is 1.84. The monoisotopic (exact) mass is 157 g/mol. The lowest BCUT2D eigenvalue weighted by atomic mass is 10.1. The van der Waals surface area contributed by atoms with Gasteiger partial charge in [-0.25, -0.2) is 5.11 Å². The molecule has 2 rings (SSSR count). The Kier molecular flexibility index (Phi) is 2.11. The first kappa shape index (κ1) is 7.53. The highest BCUT2D eigenvalue weighted by Crippen LogP contribution is 2.31. The van der Waals surface area contributed by atoms with Crippen molar-refractivity contribution >= 4 is 0 Å². The fourth-order valence-electron chi connectivity index (χ4n) is 1.88. The quantitative estimate of drug-likeness (QED) is 0.593. The standard InChI is InChI=1S/C8H13O3/c9-3-1-6-5-8-7(11-6)2-4-10-8/h6-8H,1-5H2. The summed E-state index contributed by atoms with van der Waals surface area (Å²) < 4.78 is 11.0. The summed E-state index contributed by atoms with van der Waals surface area (Å²) in [6.07, 6.45) is 3.38. The zero-order valence-electron chi connectivity index (χ0n) is 6.49. The Labute approximate surface area is 66.3 Å². The van der Waals surface area contributed by atoms with Gasteiger partial charge in [0.25, 0.3) is 0 Å². The predicted molar refractivity (Wildman–Crippen MR) is 37.8 cm³/mol. The van der Waals surface area contributed by atoms with E-state index in [0.717, 1.165) is 19.4 Å². The molecule has 2 heterocycles. The van der Waals surface area contributed by atoms with Gasteiger partial charge in [-0.2, -0.15) is 0 Å². The van der Waals surface area contributed by atoms with Crippen molar-refractivity contribution in [3.05, 3.63) is 0 Å². The molecule has 0 saturated carbocycles. The van der Waals surface area contributed by atoms with Gasteiger partial charge in [0.1, 0.15) is 0 Å². The molecular formula is C8H13O3. The SMILES string of the molecule is [O]CCC1CC2OCCC2O1. The Morgan fingerprint density at radius 2 is 2.27 bits per heavy atom. The zero-order valence-corrected chi connectivity index (χ0v) is 6.49. The Morgan fingerprint density at radius 3 is 3.00 bits per heavy atom. The van der Waals surface area contributed by atoms with Crippen LogP contribution in [0.5, 0.6) is 0 Å². The second-order valence-corrected chi connectivity index (χ2v) is 3.22. The maximum absolute atomic E-state index is 10.3. The van der Waals surface area contributed by atoms with E-state index in [1.807, 2.05) is 0 Å². The highest BCUT2D eigenvalue weighted by atomic mass is 16.6. The average molecular weight is 157 g/mol. The fourth-order valence-corrected chi connectivity index (χ4v) is 1.88. The molecule has 3 atom stereocenters. The van der Waals surface area contributed by atoms with Gasteiger partial charge in [0, 0.05) is 19.4 Å². The number of hydrogen-bond acceptors (Lipinski definition) is 2. The van der Waals surface area contributed by atoms with Gasteiger partial charge < -0.3 is 9.47 Å². The Bertz CT molecular complexity index is 125. The van der Waals surface area contributed by atoms with Crippen LogP contribution >= 0.6 is 0 Å². The van der Waals surface area contributed by atoms with E-state index in [-0.39, 0.29) is 12.7 Å². The molecule has 0 aromatic rings. The normalized spacial score (nSPS) is 42.8. The molecule has 0 amide bonds. The summed E-state index contributed by atoms with van der Waals surface area (Å²) in [5.41, 5.74) is 0. The fraction of sp³-hybridized carbons (Fsp3) is 1.00. The van der Waals surface area contributed by atoms with E-state index in [9.17, 15) is 5.11 Å². The van der Waals surface area contributed by atoms with Crippen molar-refractivity contribution in [3.63, 3.8) is 0 Å². The summed E-state index contributed by atoms with van der Waals surface area (Å²) in [7, 11) is 0. The second-order valence-electron chi connectivity index (χ2n) is 3.22. The van der Waals surface area contributed by atoms with Gasteiger partial charge in [0.2, 0.25) is 0 Å². The third-order valence-corrected chi connectivity index (χ3v) is 2.45. The minimum absolute atomic E-state index is 0.0237. The molecule has 1 radical (unpaired) electrons. The molecule has 2 aliphatic heterocycles.